The number of nitrogens with zero attached hydrogens (tertiary/aromatic N) is 2. The zero-order valence-electron chi connectivity index (χ0n) is 14.3. The Morgan fingerprint density at radius 3 is 2.35 bits per heavy atom. The third-order valence-corrected chi connectivity index (χ3v) is 6.85. The van der Waals surface area contributed by atoms with Crippen molar-refractivity contribution in [3.8, 4) is 0 Å². The van der Waals surface area contributed by atoms with Crippen molar-refractivity contribution in [3.63, 3.8) is 0 Å². The molecule has 4 rings (SSSR count). The number of benzene rings is 2. The highest BCUT2D eigenvalue weighted by Gasteiger charge is 2.30. The first kappa shape index (κ1) is 17.1. The van der Waals surface area contributed by atoms with Crippen molar-refractivity contribution in [2.24, 2.45) is 0 Å². The molecule has 0 saturated carbocycles. The van der Waals surface area contributed by atoms with Gasteiger partial charge in [-0.1, -0.05) is 42.5 Å². The van der Waals surface area contributed by atoms with Crippen molar-refractivity contribution in [3.05, 3.63) is 70.6 Å². The Morgan fingerprint density at radius 1 is 0.962 bits per heavy atom. The van der Waals surface area contributed by atoms with Gasteiger partial charge in [-0.25, -0.2) is 17.5 Å². The van der Waals surface area contributed by atoms with Gasteiger partial charge in [0.1, 0.15) is 0 Å². The lowest BCUT2D eigenvalue weighted by molar-refractivity contribution is 0.274. The van der Waals surface area contributed by atoms with E-state index in [4.69, 9.17) is 0 Å². The normalized spacial score (nSPS) is 16.9. The summed E-state index contributed by atoms with van der Waals surface area (Å²) in [6, 6.07) is 16.8. The van der Waals surface area contributed by atoms with Crippen molar-refractivity contribution in [1.82, 2.24) is 13.9 Å². The Kier molecular flexibility index (Phi) is 4.42. The maximum absolute atomic E-state index is 12.7. The molecule has 0 unspecified atom stereocenters. The zero-order valence-corrected chi connectivity index (χ0v) is 15.2. The molecule has 1 fully saturated rings. The molecule has 1 aromatic heterocycles. The Balaban J connectivity index is 1.50. The van der Waals surface area contributed by atoms with E-state index in [1.165, 1.54) is 0 Å². The largest absolute Gasteiger partial charge is 0.326 e. The number of rotatable bonds is 4. The predicted molar refractivity (Wildman–Crippen MR) is 101 cm³/mol. The standard InChI is InChI=1S/C19H21N3O3S/c23-19-20-17-8-4-5-9-18(17)22(19)16-10-12-21(13-11-16)26(24,25)14-15-6-2-1-3-7-15/h1-9,16H,10-14H2,(H,20,23). The van der Waals surface area contributed by atoms with Gasteiger partial charge < -0.3 is 4.98 Å². The molecule has 136 valence electrons. The number of para-hydroxylation sites is 2. The zero-order chi connectivity index (χ0) is 18.1. The number of nitrogens with one attached hydrogen (secondary N) is 1. The van der Waals surface area contributed by atoms with Gasteiger partial charge in [-0.3, -0.25) is 4.57 Å². The molecule has 26 heavy (non-hydrogen) atoms. The number of piperidine rings is 1. The SMILES string of the molecule is O=c1[nH]c2ccccc2n1C1CCN(S(=O)(=O)Cc2ccccc2)CC1. The quantitative estimate of drug-likeness (QED) is 0.766. The molecule has 0 spiro atoms. The second-order valence-corrected chi connectivity index (χ2v) is 8.66. The Morgan fingerprint density at radius 2 is 1.62 bits per heavy atom. The van der Waals surface area contributed by atoms with Gasteiger partial charge in [0.05, 0.1) is 16.8 Å². The topological polar surface area (TPSA) is 75.2 Å². The van der Waals surface area contributed by atoms with E-state index in [0.717, 1.165) is 16.6 Å². The molecular weight excluding hydrogens is 350 g/mol. The first-order chi connectivity index (χ1) is 12.5. The maximum Gasteiger partial charge on any atom is 0.326 e. The van der Waals surface area contributed by atoms with Gasteiger partial charge in [0.15, 0.2) is 0 Å². The van der Waals surface area contributed by atoms with Gasteiger partial charge in [-0.05, 0) is 30.5 Å². The third kappa shape index (κ3) is 3.20. The summed E-state index contributed by atoms with van der Waals surface area (Å²) in [7, 11) is -3.34. The molecule has 7 heteroatoms. The number of hydrogen-bond acceptors (Lipinski definition) is 3. The van der Waals surface area contributed by atoms with Crippen LogP contribution in [0.4, 0.5) is 0 Å². The van der Waals surface area contributed by atoms with E-state index in [9.17, 15) is 13.2 Å². The van der Waals surface area contributed by atoms with Crippen LogP contribution in [0.25, 0.3) is 11.0 Å². The molecular formula is C19H21N3O3S. The van der Waals surface area contributed by atoms with Crippen LogP contribution in [0.5, 0.6) is 0 Å². The maximum atomic E-state index is 12.7. The summed E-state index contributed by atoms with van der Waals surface area (Å²) in [5.41, 5.74) is 2.36. The summed E-state index contributed by atoms with van der Waals surface area (Å²) in [6.45, 7) is 0.873. The second-order valence-electron chi connectivity index (χ2n) is 6.69. The van der Waals surface area contributed by atoms with Gasteiger partial charge >= 0.3 is 5.69 Å². The number of imidazole rings is 1. The van der Waals surface area contributed by atoms with Crippen LogP contribution in [0.1, 0.15) is 24.4 Å². The van der Waals surface area contributed by atoms with Crippen molar-refractivity contribution < 1.29 is 8.42 Å². The smallest absolute Gasteiger partial charge is 0.306 e. The van der Waals surface area contributed by atoms with Crippen LogP contribution in [-0.4, -0.2) is 35.4 Å². The molecule has 3 aromatic rings. The Labute approximate surface area is 152 Å². The number of sulfonamides is 1. The monoisotopic (exact) mass is 371 g/mol. The molecule has 0 aliphatic carbocycles. The van der Waals surface area contributed by atoms with E-state index in [1.54, 1.807) is 8.87 Å². The Bertz CT molecular complexity index is 1060. The highest BCUT2D eigenvalue weighted by molar-refractivity contribution is 7.88. The van der Waals surface area contributed by atoms with E-state index in [1.807, 2.05) is 54.6 Å². The fourth-order valence-corrected chi connectivity index (χ4v) is 5.25. The number of hydrogen-bond donors (Lipinski definition) is 1. The summed E-state index contributed by atoms with van der Waals surface area (Å²) in [5.74, 6) is 0.0194. The van der Waals surface area contributed by atoms with Gasteiger partial charge in [0, 0.05) is 19.1 Å². The average molecular weight is 371 g/mol. The van der Waals surface area contributed by atoms with E-state index < -0.39 is 10.0 Å². The average Bonchev–Trinajstić information content (AvgIpc) is 2.98. The van der Waals surface area contributed by atoms with Gasteiger partial charge in [0.25, 0.3) is 0 Å². The van der Waals surface area contributed by atoms with Crippen LogP contribution in [-0.2, 0) is 15.8 Å². The molecule has 6 nitrogen and oxygen atoms in total. The molecule has 1 aliphatic heterocycles. The molecule has 2 heterocycles. The van der Waals surface area contributed by atoms with Gasteiger partial charge in [0.2, 0.25) is 10.0 Å². The molecule has 1 aliphatic rings. The molecule has 0 amide bonds. The lowest BCUT2D eigenvalue weighted by Gasteiger charge is -2.31. The summed E-state index contributed by atoms with van der Waals surface area (Å²) in [6.07, 6.45) is 1.27. The minimum absolute atomic E-state index is 0.0156. The van der Waals surface area contributed by atoms with E-state index in [2.05, 4.69) is 4.98 Å². The lowest BCUT2D eigenvalue weighted by atomic mass is 10.1. The predicted octanol–water partition coefficient (Wildman–Crippen LogP) is 2.50. The van der Waals surface area contributed by atoms with Crippen LogP contribution in [0.3, 0.4) is 0 Å². The minimum atomic E-state index is -3.34. The van der Waals surface area contributed by atoms with Crippen LogP contribution in [0.15, 0.2) is 59.4 Å². The van der Waals surface area contributed by atoms with E-state index in [0.29, 0.717) is 25.9 Å². The molecule has 1 saturated heterocycles. The van der Waals surface area contributed by atoms with Gasteiger partial charge in [-0.2, -0.15) is 0 Å². The van der Waals surface area contributed by atoms with E-state index in [-0.39, 0.29) is 17.5 Å². The van der Waals surface area contributed by atoms with Crippen LogP contribution < -0.4 is 5.69 Å². The van der Waals surface area contributed by atoms with Crippen LogP contribution in [0, 0.1) is 0 Å². The number of fused-ring (bicyclic) bond motifs is 1. The third-order valence-electron chi connectivity index (χ3n) is 5.00. The van der Waals surface area contributed by atoms with Crippen molar-refractivity contribution in [2.45, 2.75) is 24.6 Å². The first-order valence-electron chi connectivity index (χ1n) is 8.75. The summed E-state index contributed by atoms with van der Waals surface area (Å²) in [4.78, 5) is 15.2. The molecule has 0 atom stereocenters. The molecule has 1 N–H and O–H groups in total. The van der Waals surface area contributed by atoms with Crippen molar-refractivity contribution in [1.29, 1.82) is 0 Å². The van der Waals surface area contributed by atoms with Crippen LogP contribution in [0.2, 0.25) is 0 Å². The summed E-state index contributed by atoms with van der Waals surface area (Å²) in [5, 5.41) is 0. The van der Waals surface area contributed by atoms with Crippen molar-refractivity contribution >= 4 is 21.1 Å². The molecule has 0 radical (unpaired) electrons. The fraction of sp³-hybridized carbons (Fsp3) is 0.316. The number of aromatic amines is 1. The Hall–Kier alpha value is -2.38. The highest BCUT2D eigenvalue weighted by Crippen LogP contribution is 2.27. The number of H-pyrrole nitrogens is 1. The summed E-state index contributed by atoms with van der Waals surface area (Å²) < 4.78 is 28.7. The highest BCUT2D eigenvalue weighted by atomic mass is 32.2. The first-order valence-corrected chi connectivity index (χ1v) is 10.4. The fourth-order valence-electron chi connectivity index (χ4n) is 3.69. The molecule has 0 bridgehead atoms. The second kappa shape index (κ2) is 6.74. The van der Waals surface area contributed by atoms with Crippen LogP contribution >= 0.6 is 0 Å². The van der Waals surface area contributed by atoms with Crippen molar-refractivity contribution in [2.75, 3.05) is 13.1 Å². The summed E-state index contributed by atoms with van der Waals surface area (Å²) >= 11 is 0. The van der Waals surface area contributed by atoms with Gasteiger partial charge in [-0.15, -0.1) is 0 Å². The minimum Gasteiger partial charge on any atom is -0.306 e. The lowest BCUT2D eigenvalue weighted by Crippen LogP contribution is -2.41. The van der Waals surface area contributed by atoms with E-state index >= 15 is 0 Å². The molecule has 2 aromatic carbocycles. The number of aromatic nitrogens is 2.